The molecule has 2 aliphatic carbocycles. The topological polar surface area (TPSA) is 0 Å². The Bertz CT molecular complexity index is 664. The van der Waals surface area contributed by atoms with Crippen LogP contribution in [0.25, 0.3) is 10.8 Å². The molecule has 0 radical (unpaired) electrons. The van der Waals surface area contributed by atoms with E-state index in [0.717, 1.165) is 34.6 Å². The molecule has 0 aliphatic heterocycles. The molecule has 2 aromatic carbocycles. The summed E-state index contributed by atoms with van der Waals surface area (Å²) in [5.74, 6) is 2.77. The van der Waals surface area contributed by atoms with E-state index in [1.165, 1.54) is 36.6 Å². The van der Waals surface area contributed by atoms with Gasteiger partial charge in [0.2, 0.25) is 0 Å². The molecule has 0 heterocycles. The zero-order valence-corrected chi connectivity index (χ0v) is 13.6. The fourth-order valence-electron chi connectivity index (χ4n) is 4.62. The Morgan fingerprint density at radius 2 is 1.81 bits per heavy atom. The third kappa shape index (κ3) is 2.47. The lowest BCUT2D eigenvalue weighted by Crippen LogP contribution is -2.12. The summed E-state index contributed by atoms with van der Waals surface area (Å²) in [5.41, 5.74) is 1.25. The van der Waals surface area contributed by atoms with E-state index in [2.05, 4.69) is 24.3 Å². The summed E-state index contributed by atoms with van der Waals surface area (Å²) in [6.07, 6.45) is 6.86. The van der Waals surface area contributed by atoms with E-state index in [-0.39, 0.29) is 5.38 Å². The number of hydrogen-bond acceptors (Lipinski definition) is 0. The lowest BCUT2D eigenvalue weighted by atomic mass is 9.84. The molecule has 0 N–H and O–H groups in total. The summed E-state index contributed by atoms with van der Waals surface area (Å²) >= 11 is 13.1. The van der Waals surface area contributed by atoms with Gasteiger partial charge < -0.3 is 0 Å². The van der Waals surface area contributed by atoms with Crippen LogP contribution in [-0.4, -0.2) is 0 Å². The first kappa shape index (κ1) is 13.9. The van der Waals surface area contributed by atoms with Crippen LogP contribution in [0, 0.1) is 17.8 Å². The number of benzene rings is 2. The zero-order chi connectivity index (χ0) is 14.4. The molecule has 0 aromatic heterocycles. The largest absolute Gasteiger partial charge is 0.118 e. The van der Waals surface area contributed by atoms with Gasteiger partial charge in [0.05, 0.1) is 5.38 Å². The number of halogens is 2. The number of rotatable bonds is 3. The lowest BCUT2D eigenvalue weighted by Gasteiger charge is -2.24. The SMILES string of the molecule is Clc1ccc(C(Cl)CC2CC3CCC2C3)c2ccccc12. The van der Waals surface area contributed by atoms with Gasteiger partial charge in [0.1, 0.15) is 0 Å². The molecule has 2 aromatic rings. The van der Waals surface area contributed by atoms with E-state index in [9.17, 15) is 0 Å². The van der Waals surface area contributed by atoms with Gasteiger partial charge in [-0.05, 0) is 60.5 Å². The molecular weight excluding hydrogens is 299 g/mol. The van der Waals surface area contributed by atoms with Crippen molar-refractivity contribution in [2.24, 2.45) is 17.8 Å². The molecule has 2 heteroatoms. The highest BCUT2D eigenvalue weighted by atomic mass is 35.5. The van der Waals surface area contributed by atoms with Crippen molar-refractivity contribution in [2.45, 2.75) is 37.5 Å². The van der Waals surface area contributed by atoms with Crippen LogP contribution in [0.2, 0.25) is 5.02 Å². The molecule has 2 saturated carbocycles. The predicted molar refractivity (Wildman–Crippen MR) is 91.1 cm³/mol. The summed E-state index contributed by atoms with van der Waals surface area (Å²) < 4.78 is 0. The van der Waals surface area contributed by atoms with E-state index in [4.69, 9.17) is 23.2 Å². The Hall–Kier alpha value is -0.720. The summed E-state index contributed by atoms with van der Waals surface area (Å²) in [6, 6.07) is 12.5. The first-order chi connectivity index (χ1) is 10.2. The summed E-state index contributed by atoms with van der Waals surface area (Å²) in [7, 11) is 0. The zero-order valence-electron chi connectivity index (χ0n) is 12.1. The number of alkyl halides is 1. The average Bonchev–Trinajstić information content (AvgIpc) is 3.10. The molecule has 0 amide bonds. The van der Waals surface area contributed by atoms with Crippen molar-refractivity contribution in [3.63, 3.8) is 0 Å². The van der Waals surface area contributed by atoms with E-state index >= 15 is 0 Å². The first-order valence-electron chi connectivity index (χ1n) is 8.03. The van der Waals surface area contributed by atoms with Crippen LogP contribution in [0.1, 0.15) is 43.0 Å². The van der Waals surface area contributed by atoms with Crippen LogP contribution < -0.4 is 0 Å². The standard InChI is InChI=1S/C19H20Cl2/c20-18-8-7-17(15-3-1-2-4-16(15)18)19(21)11-14-10-12-5-6-13(14)9-12/h1-4,7-8,12-14,19H,5-6,9-11H2. The third-order valence-electron chi connectivity index (χ3n) is 5.64. The number of hydrogen-bond donors (Lipinski definition) is 0. The van der Waals surface area contributed by atoms with Crippen molar-refractivity contribution >= 4 is 34.0 Å². The van der Waals surface area contributed by atoms with E-state index in [1.807, 2.05) is 12.1 Å². The average molecular weight is 319 g/mol. The van der Waals surface area contributed by atoms with Crippen molar-refractivity contribution in [2.75, 3.05) is 0 Å². The molecular formula is C19H20Cl2. The maximum atomic E-state index is 6.81. The Morgan fingerprint density at radius 1 is 1.00 bits per heavy atom. The highest BCUT2D eigenvalue weighted by Gasteiger charge is 2.40. The Balaban J connectivity index is 1.62. The normalized spacial score (nSPS) is 29.1. The molecule has 2 bridgehead atoms. The lowest BCUT2D eigenvalue weighted by molar-refractivity contribution is 0.312. The first-order valence-corrected chi connectivity index (χ1v) is 8.85. The predicted octanol–water partition coefficient (Wildman–Crippen LogP) is 6.60. The maximum Gasteiger partial charge on any atom is 0.0594 e. The Labute approximate surface area is 136 Å². The van der Waals surface area contributed by atoms with Crippen LogP contribution in [0.15, 0.2) is 36.4 Å². The maximum absolute atomic E-state index is 6.81. The van der Waals surface area contributed by atoms with Gasteiger partial charge in [0, 0.05) is 10.4 Å². The van der Waals surface area contributed by atoms with E-state index < -0.39 is 0 Å². The molecule has 110 valence electrons. The minimum atomic E-state index is 0.108. The quantitative estimate of drug-likeness (QED) is 0.559. The minimum Gasteiger partial charge on any atom is -0.118 e. The molecule has 2 fully saturated rings. The molecule has 4 atom stereocenters. The fourth-order valence-corrected chi connectivity index (χ4v) is 5.26. The van der Waals surface area contributed by atoms with Gasteiger partial charge >= 0.3 is 0 Å². The van der Waals surface area contributed by atoms with E-state index in [1.54, 1.807) is 0 Å². The number of fused-ring (bicyclic) bond motifs is 3. The highest BCUT2D eigenvalue weighted by Crippen LogP contribution is 2.52. The van der Waals surface area contributed by atoms with Crippen LogP contribution in [0.3, 0.4) is 0 Å². The monoisotopic (exact) mass is 318 g/mol. The smallest absolute Gasteiger partial charge is 0.0594 e. The second kappa shape index (κ2) is 5.48. The van der Waals surface area contributed by atoms with Gasteiger partial charge in [-0.1, -0.05) is 48.4 Å². The molecule has 0 spiro atoms. The van der Waals surface area contributed by atoms with E-state index in [0.29, 0.717) is 0 Å². The van der Waals surface area contributed by atoms with Crippen molar-refractivity contribution < 1.29 is 0 Å². The fraction of sp³-hybridized carbons (Fsp3) is 0.474. The van der Waals surface area contributed by atoms with Crippen molar-refractivity contribution in [1.82, 2.24) is 0 Å². The second-order valence-electron chi connectivity index (χ2n) is 6.82. The van der Waals surface area contributed by atoms with Crippen molar-refractivity contribution in [3.8, 4) is 0 Å². The van der Waals surface area contributed by atoms with Crippen LogP contribution >= 0.6 is 23.2 Å². The van der Waals surface area contributed by atoms with Gasteiger partial charge in [-0.25, -0.2) is 0 Å². The van der Waals surface area contributed by atoms with Crippen LogP contribution in [-0.2, 0) is 0 Å². The molecule has 0 saturated heterocycles. The van der Waals surface area contributed by atoms with Gasteiger partial charge in [0.15, 0.2) is 0 Å². The van der Waals surface area contributed by atoms with Crippen LogP contribution in [0.4, 0.5) is 0 Å². The Kier molecular flexibility index (Phi) is 3.63. The third-order valence-corrected chi connectivity index (χ3v) is 6.38. The summed E-state index contributed by atoms with van der Waals surface area (Å²) in [4.78, 5) is 0. The Morgan fingerprint density at radius 3 is 2.52 bits per heavy atom. The summed E-state index contributed by atoms with van der Waals surface area (Å²) in [6.45, 7) is 0. The minimum absolute atomic E-state index is 0.108. The summed E-state index contributed by atoms with van der Waals surface area (Å²) in [5, 5.41) is 3.26. The van der Waals surface area contributed by atoms with Crippen molar-refractivity contribution in [1.29, 1.82) is 0 Å². The molecule has 21 heavy (non-hydrogen) atoms. The molecule has 4 unspecified atom stereocenters. The van der Waals surface area contributed by atoms with Crippen LogP contribution in [0.5, 0.6) is 0 Å². The highest BCUT2D eigenvalue weighted by molar-refractivity contribution is 6.35. The molecule has 2 aliphatic rings. The second-order valence-corrected chi connectivity index (χ2v) is 7.75. The van der Waals surface area contributed by atoms with Crippen molar-refractivity contribution in [3.05, 3.63) is 47.0 Å². The van der Waals surface area contributed by atoms with Gasteiger partial charge in [-0.3, -0.25) is 0 Å². The van der Waals surface area contributed by atoms with Gasteiger partial charge in [-0.15, -0.1) is 11.6 Å². The van der Waals surface area contributed by atoms with Gasteiger partial charge in [-0.2, -0.15) is 0 Å². The van der Waals surface area contributed by atoms with Gasteiger partial charge in [0.25, 0.3) is 0 Å². The molecule has 4 rings (SSSR count). The molecule has 0 nitrogen and oxygen atoms in total.